The van der Waals surface area contributed by atoms with E-state index in [1.165, 1.54) is 44.3 Å². The Morgan fingerprint density at radius 3 is 1.49 bits per heavy atom. The maximum absolute atomic E-state index is 5.38. The molecular weight excluding hydrogens is 693 g/mol. The molecule has 0 bridgehead atoms. The molecule has 266 valence electrons. The summed E-state index contributed by atoms with van der Waals surface area (Å²) < 4.78 is 0. The first-order valence-corrected chi connectivity index (χ1v) is 19.3. The van der Waals surface area contributed by atoms with E-state index >= 15 is 0 Å². The van der Waals surface area contributed by atoms with Gasteiger partial charge >= 0.3 is 0 Å². The van der Waals surface area contributed by atoms with Crippen molar-refractivity contribution in [1.29, 1.82) is 0 Å². The molecule has 0 amide bonds. The molecule has 1 aliphatic carbocycles. The Morgan fingerprint density at radius 1 is 0.316 bits per heavy atom. The Balaban J connectivity index is 1.10. The summed E-state index contributed by atoms with van der Waals surface area (Å²) in [4.78, 5) is 20.8. The molecule has 1 aliphatic rings. The molecule has 0 unspecified atom stereocenters. The van der Waals surface area contributed by atoms with Crippen molar-refractivity contribution in [3.63, 3.8) is 0 Å². The second kappa shape index (κ2) is 13.6. The number of fused-ring (bicyclic) bond motifs is 6. The molecule has 10 aromatic rings. The quantitative estimate of drug-likeness (QED) is 0.160. The molecule has 2 aromatic heterocycles. The van der Waals surface area contributed by atoms with Crippen LogP contribution in [0.4, 0.5) is 0 Å². The van der Waals surface area contributed by atoms with Gasteiger partial charge in [0.25, 0.3) is 0 Å². The number of rotatable bonds is 6. The van der Waals surface area contributed by atoms with Gasteiger partial charge in [0.05, 0.1) is 11.2 Å². The third-order valence-electron chi connectivity index (χ3n) is 11.2. The van der Waals surface area contributed by atoms with E-state index < -0.39 is 0 Å². The lowest BCUT2D eigenvalue weighted by Crippen LogP contribution is -2.02. The Morgan fingerprint density at radius 2 is 0.825 bits per heavy atom. The minimum absolute atomic E-state index is 0.119. The molecule has 2 heterocycles. The van der Waals surface area contributed by atoms with Crippen LogP contribution in [0.5, 0.6) is 0 Å². The van der Waals surface area contributed by atoms with Crippen LogP contribution in [0.15, 0.2) is 200 Å². The molecule has 4 nitrogen and oxygen atoms in total. The van der Waals surface area contributed by atoms with Gasteiger partial charge in [0.15, 0.2) is 17.5 Å². The van der Waals surface area contributed by atoms with E-state index in [0.29, 0.717) is 17.5 Å². The lowest BCUT2D eigenvalue weighted by Gasteiger charge is -2.16. The Bertz CT molecular complexity index is 3080. The smallest absolute Gasteiger partial charge is 0.164 e. The number of nitrogens with zero attached hydrogens (tertiary/aromatic N) is 4. The lowest BCUT2D eigenvalue weighted by molar-refractivity contribution is 1.01. The van der Waals surface area contributed by atoms with Crippen LogP contribution in [0.1, 0.15) is 22.6 Å². The molecular formula is C53H34N4. The van der Waals surface area contributed by atoms with Crippen LogP contribution in [0.3, 0.4) is 0 Å². The third kappa shape index (κ3) is 5.70. The topological polar surface area (TPSA) is 51.6 Å². The zero-order chi connectivity index (χ0) is 37.7. The monoisotopic (exact) mass is 726 g/mol. The van der Waals surface area contributed by atoms with Gasteiger partial charge in [-0.1, -0.05) is 188 Å². The molecule has 0 N–H and O–H groups in total. The summed E-state index contributed by atoms with van der Waals surface area (Å²) in [5.74, 6) is 1.97. The number of benzene rings is 8. The van der Waals surface area contributed by atoms with Crippen LogP contribution >= 0.6 is 0 Å². The summed E-state index contributed by atoms with van der Waals surface area (Å²) in [7, 11) is 0. The number of pyridine rings is 1. The minimum atomic E-state index is 0.119. The molecule has 8 aromatic carbocycles. The van der Waals surface area contributed by atoms with Crippen molar-refractivity contribution in [2.75, 3.05) is 0 Å². The fourth-order valence-corrected chi connectivity index (χ4v) is 8.59. The normalized spacial score (nSPS) is 12.1. The van der Waals surface area contributed by atoms with Crippen molar-refractivity contribution >= 4 is 21.7 Å². The SMILES string of the molecule is c1ccc(-c2nc(-c3cccc(C4c5ccccc5-c5ccccc54)c3)nc(-c3ccc4c(c3)nc(-c3ccccc3)c3cccc(-c5ccccc5)c34)n2)cc1. The van der Waals surface area contributed by atoms with Crippen LogP contribution in [0.25, 0.3) is 89.4 Å². The highest BCUT2D eigenvalue weighted by molar-refractivity contribution is 6.17. The van der Waals surface area contributed by atoms with Crippen molar-refractivity contribution in [2.24, 2.45) is 0 Å². The highest BCUT2D eigenvalue weighted by atomic mass is 15.0. The van der Waals surface area contributed by atoms with Gasteiger partial charge in [-0.3, -0.25) is 0 Å². The zero-order valence-electron chi connectivity index (χ0n) is 30.9. The Labute approximate surface area is 330 Å². The second-order valence-corrected chi connectivity index (χ2v) is 14.6. The fourth-order valence-electron chi connectivity index (χ4n) is 8.59. The average Bonchev–Trinajstić information content (AvgIpc) is 3.63. The summed E-state index contributed by atoms with van der Waals surface area (Å²) in [6, 6.07) is 70.4. The van der Waals surface area contributed by atoms with Gasteiger partial charge in [-0.05, 0) is 51.1 Å². The summed E-state index contributed by atoms with van der Waals surface area (Å²) in [5, 5.41) is 3.37. The molecule has 0 fully saturated rings. The van der Waals surface area contributed by atoms with Crippen molar-refractivity contribution < 1.29 is 0 Å². The van der Waals surface area contributed by atoms with Crippen LogP contribution in [-0.4, -0.2) is 19.9 Å². The van der Waals surface area contributed by atoms with Gasteiger partial charge in [0.1, 0.15) is 0 Å². The highest BCUT2D eigenvalue weighted by Gasteiger charge is 2.29. The molecule has 0 aliphatic heterocycles. The molecule has 0 saturated heterocycles. The first-order chi connectivity index (χ1) is 28.3. The highest BCUT2D eigenvalue weighted by Crippen LogP contribution is 2.48. The van der Waals surface area contributed by atoms with Crippen molar-refractivity contribution in [3.05, 3.63) is 217 Å². The standard InChI is InChI=1S/C53H34N4/c1-4-16-34(17-5-1)40-28-15-29-46-49(40)45-31-30-39(33-47(45)54-50(46)35-18-6-2-7-19-35)53-56-51(36-20-8-3-9-21-36)55-52(57-53)38-23-14-22-37(32-38)48-43-26-12-10-24-41(43)42-25-11-13-27-44(42)48/h1-33,48H. The fraction of sp³-hybridized carbons (Fsp3) is 0.0189. The third-order valence-corrected chi connectivity index (χ3v) is 11.2. The number of hydrogen-bond acceptors (Lipinski definition) is 4. The van der Waals surface area contributed by atoms with Gasteiger partial charge in [-0.2, -0.15) is 0 Å². The van der Waals surface area contributed by atoms with E-state index in [-0.39, 0.29) is 5.92 Å². The van der Waals surface area contributed by atoms with Gasteiger partial charge < -0.3 is 0 Å². The molecule has 0 spiro atoms. The predicted octanol–water partition coefficient (Wildman–Crippen LogP) is 13.1. The number of aromatic nitrogens is 4. The number of hydrogen-bond donors (Lipinski definition) is 0. The maximum atomic E-state index is 5.38. The van der Waals surface area contributed by atoms with E-state index in [2.05, 4.69) is 176 Å². The maximum Gasteiger partial charge on any atom is 0.164 e. The molecule has 11 rings (SSSR count). The summed E-state index contributed by atoms with van der Waals surface area (Å²) in [5.41, 5.74) is 14.4. The summed E-state index contributed by atoms with van der Waals surface area (Å²) in [6.45, 7) is 0. The van der Waals surface area contributed by atoms with E-state index in [0.717, 1.165) is 44.2 Å². The van der Waals surface area contributed by atoms with E-state index in [9.17, 15) is 0 Å². The minimum Gasteiger partial charge on any atom is -0.247 e. The van der Waals surface area contributed by atoms with E-state index in [1.807, 2.05) is 24.3 Å². The lowest BCUT2D eigenvalue weighted by atomic mass is 9.88. The second-order valence-electron chi connectivity index (χ2n) is 14.6. The molecule has 57 heavy (non-hydrogen) atoms. The average molecular weight is 727 g/mol. The van der Waals surface area contributed by atoms with E-state index in [1.54, 1.807) is 0 Å². The zero-order valence-corrected chi connectivity index (χ0v) is 30.9. The van der Waals surface area contributed by atoms with Gasteiger partial charge in [0.2, 0.25) is 0 Å². The summed E-state index contributed by atoms with van der Waals surface area (Å²) >= 11 is 0. The van der Waals surface area contributed by atoms with Crippen molar-refractivity contribution in [1.82, 2.24) is 19.9 Å². The first-order valence-electron chi connectivity index (χ1n) is 19.3. The molecule has 0 saturated carbocycles. The molecule has 4 heteroatoms. The van der Waals surface area contributed by atoms with Crippen LogP contribution < -0.4 is 0 Å². The van der Waals surface area contributed by atoms with Crippen molar-refractivity contribution in [3.8, 4) is 67.7 Å². The molecule has 0 radical (unpaired) electrons. The predicted molar refractivity (Wildman–Crippen MR) is 233 cm³/mol. The van der Waals surface area contributed by atoms with Gasteiger partial charge in [-0.15, -0.1) is 0 Å². The molecule has 0 atom stereocenters. The first kappa shape index (κ1) is 32.8. The van der Waals surface area contributed by atoms with Crippen LogP contribution in [0.2, 0.25) is 0 Å². The van der Waals surface area contributed by atoms with Crippen LogP contribution in [-0.2, 0) is 0 Å². The van der Waals surface area contributed by atoms with E-state index in [4.69, 9.17) is 19.9 Å². The Hall–Kier alpha value is -7.56. The van der Waals surface area contributed by atoms with Crippen molar-refractivity contribution in [2.45, 2.75) is 5.92 Å². The largest absolute Gasteiger partial charge is 0.247 e. The Kier molecular flexibility index (Phi) is 7.85. The van der Waals surface area contributed by atoms with Gasteiger partial charge in [0, 0.05) is 44.3 Å². The van der Waals surface area contributed by atoms with Gasteiger partial charge in [-0.25, -0.2) is 19.9 Å². The summed E-state index contributed by atoms with van der Waals surface area (Å²) in [6.07, 6.45) is 0. The van der Waals surface area contributed by atoms with Crippen LogP contribution in [0, 0.1) is 0 Å².